The molecule has 0 heterocycles. The van der Waals surface area contributed by atoms with Gasteiger partial charge in [-0.05, 0) is 111 Å². The number of hydrogen-bond donors (Lipinski definition) is 1. The van der Waals surface area contributed by atoms with Gasteiger partial charge in [0.1, 0.15) is 0 Å². The largest absolute Gasteiger partial charge is 0.466 e. The third-order valence-electron chi connectivity index (χ3n) is 12.1. The summed E-state index contributed by atoms with van der Waals surface area (Å²) in [6.07, 6.45) is 13.8. The number of carbonyl (C=O) groups excluding carboxylic acids is 1. The minimum Gasteiger partial charge on any atom is -0.466 e. The van der Waals surface area contributed by atoms with Crippen LogP contribution >= 0.6 is 0 Å². The predicted octanol–water partition coefficient (Wildman–Crippen LogP) is 7.63. The maximum absolute atomic E-state index is 11.7. The smallest absolute Gasteiger partial charge is 0.333 e. The van der Waals surface area contributed by atoms with E-state index in [-0.39, 0.29) is 22.9 Å². The van der Waals surface area contributed by atoms with Crippen LogP contribution in [-0.4, -0.2) is 24.3 Å². The highest BCUT2D eigenvalue weighted by Gasteiger charge is 2.63. The SMILES string of the molecule is COC(=O)C(C)=CCCC(C)C1CCC2(C)C3=C(CCC12C)C1(C)CCC(O)C(C)(C)C1CC3. The van der Waals surface area contributed by atoms with Gasteiger partial charge in [-0.15, -0.1) is 0 Å². The fourth-order valence-corrected chi connectivity index (χ4v) is 9.64. The van der Waals surface area contributed by atoms with Crippen LogP contribution in [0.2, 0.25) is 0 Å². The number of aliphatic hydroxyl groups excluding tert-OH is 1. The van der Waals surface area contributed by atoms with E-state index < -0.39 is 0 Å². The van der Waals surface area contributed by atoms with Crippen molar-refractivity contribution in [2.24, 2.45) is 39.4 Å². The summed E-state index contributed by atoms with van der Waals surface area (Å²) >= 11 is 0. The number of esters is 1. The fraction of sp³-hybridized carbons (Fsp3) is 0.839. The van der Waals surface area contributed by atoms with Gasteiger partial charge in [-0.2, -0.15) is 0 Å². The zero-order chi connectivity index (χ0) is 25.1. The molecule has 4 rings (SSSR count). The Bertz CT molecular complexity index is 881. The third kappa shape index (κ3) is 3.66. The lowest BCUT2D eigenvalue weighted by Gasteiger charge is -2.62. The molecule has 0 spiro atoms. The zero-order valence-electron chi connectivity index (χ0n) is 23.2. The van der Waals surface area contributed by atoms with Crippen LogP contribution < -0.4 is 0 Å². The van der Waals surface area contributed by atoms with Crippen molar-refractivity contribution in [1.82, 2.24) is 0 Å². The number of fused-ring (bicyclic) bond motifs is 4. The highest BCUT2D eigenvalue weighted by Crippen LogP contribution is 2.72. The Morgan fingerprint density at radius 1 is 1.06 bits per heavy atom. The molecule has 3 nitrogen and oxygen atoms in total. The van der Waals surface area contributed by atoms with Crippen molar-refractivity contribution in [2.75, 3.05) is 7.11 Å². The molecule has 0 radical (unpaired) electrons. The van der Waals surface area contributed by atoms with Crippen LogP contribution in [0.1, 0.15) is 113 Å². The summed E-state index contributed by atoms with van der Waals surface area (Å²) in [5.74, 6) is 1.79. The first kappa shape index (κ1) is 26.0. The predicted molar refractivity (Wildman–Crippen MR) is 139 cm³/mol. The Morgan fingerprint density at radius 2 is 1.76 bits per heavy atom. The molecule has 1 N–H and O–H groups in total. The number of aliphatic hydroxyl groups is 1. The number of methoxy groups -OCH3 is 1. The van der Waals surface area contributed by atoms with E-state index in [0.29, 0.717) is 22.7 Å². The summed E-state index contributed by atoms with van der Waals surface area (Å²) < 4.78 is 4.86. The summed E-state index contributed by atoms with van der Waals surface area (Å²) in [5.41, 5.74) is 5.30. The maximum atomic E-state index is 11.7. The fourth-order valence-electron chi connectivity index (χ4n) is 9.64. The summed E-state index contributed by atoms with van der Waals surface area (Å²) in [5, 5.41) is 10.8. The van der Waals surface area contributed by atoms with Gasteiger partial charge < -0.3 is 9.84 Å². The summed E-state index contributed by atoms with van der Waals surface area (Å²) in [6.45, 7) is 16.7. The van der Waals surface area contributed by atoms with E-state index in [2.05, 4.69) is 47.6 Å². The molecule has 34 heavy (non-hydrogen) atoms. The standard InChI is InChI=1S/C31H50O3/c1-20(10-9-11-21(2)27(33)34-8)22-14-18-31(7)24-12-13-25-28(3,4)26(32)16-17-29(25,5)23(24)15-19-30(22,31)6/h11,20,22,25-26,32H,9-10,12-19H2,1-8H3. The lowest BCUT2D eigenvalue weighted by molar-refractivity contribution is -0.136. The molecule has 0 saturated heterocycles. The van der Waals surface area contributed by atoms with Crippen molar-refractivity contribution < 1.29 is 14.6 Å². The quantitative estimate of drug-likeness (QED) is 0.255. The minimum absolute atomic E-state index is 0.00968. The van der Waals surface area contributed by atoms with Crippen molar-refractivity contribution in [2.45, 2.75) is 119 Å². The van der Waals surface area contributed by atoms with Crippen molar-refractivity contribution in [3.05, 3.63) is 22.8 Å². The van der Waals surface area contributed by atoms with E-state index in [0.717, 1.165) is 37.2 Å². The van der Waals surface area contributed by atoms with Crippen LogP contribution in [0.15, 0.2) is 22.8 Å². The van der Waals surface area contributed by atoms with Gasteiger partial charge in [-0.1, -0.05) is 58.8 Å². The second-order valence-corrected chi connectivity index (χ2v) is 13.7. The molecule has 2 fully saturated rings. The van der Waals surface area contributed by atoms with Gasteiger partial charge in [-0.3, -0.25) is 0 Å². The molecular formula is C31H50O3. The second-order valence-electron chi connectivity index (χ2n) is 13.7. The Labute approximate surface area is 208 Å². The first-order chi connectivity index (χ1) is 15.8. The molecule has 0 bridgehead atoms. The van der Waals surface area contributed by atoms with E-state index in [4.69, 9.17) is 4.74 Å². The van der Waals surface area contributed by atoms with Crippen LogP contribution in [0.4, 0.5) is 0 Å². The van der Waals surface area contributed by atoms with Crippen molar-refractivity contribution in [1.29, 1.82) is 0 Å². The van der Waals surface area contributed by atoms with Gasteiger partial charge in [0.25, 0.3) is 0 Å². The van der Waals surface area contributed by atoms with Crippen LogP contribution in [0.3, 0.4) is 0 Å². The number of hydrogen-bond acceptors (Lipinski definition) is 3. The molecule has 2 saturated carbocycles. The van der Waals surface area contributed by atoms with Crippen LogP contribution in [0, 0.1) is 39.4 Å². The molecule has 4 aliphatic rings. The number of ether oxygens (including phenoxy) is 1. The van der Waals surface area contributed by atoms with Gasteiger partial charge in [0, 0.05) is 5.57 Å². The Hall–Kier alpha value is -1.09. The second kappa shape index (κ2) is 8.79. The van der Waals surface area contributed by atoms with Crippen molar-refractivity contribution in [3.8, 4) is 0 Å². The average Bonchev–Trinajstić information content (AvgIpc) is 3.07. The summed E-state index contributed by atoms with van der Waals surface area (Å²) in [7, 11) is 1.46. The normalized spacial score (nSPS) is 42.5. The lowest BCUT2D eigenvalue weighted by Crippen LogP contribution is -2.55. The van der Waals surface area contributed by atoms with E-state index in [1.165, 1.54) is 45.6 Å². The number of allylic oxidation sites excluding steroid dienone is 3. The van der Waals surface area contributed by atoms with Gasteiger partial charge in [-0.25, -0.2) is 4.79 Å². The topological polar surface area (TPSA) is 46.5 Å². The van der Waals surface area contributed by atoms with Gasteiger partial charge in [0.2, 0.25) is 0 Å². The lowest BCUT2D eigenvalue weighted by atomic mass is 9.43. The molecule has 3 heteroatoms. The molecule has 0 amide bonds. The Morgan fingerprint density at radius 3 is 2.44 bits per heavy atom. The molecule has 0 aromatic heterocycles. The number of carbonyl (C=O) groups is 1. The van der Waals surface area contributed by atoms with Crippen LogP contribution in [0.25, 0.3) is 0 Å². The van der Waals surface area contributed by atoms with Crippen LogP contribution in [0.5, 0.6) is 0 Å². The molecule has 4 aliphatic carbocycles. The molecule has 0 aliphatic heterocycles. The Kier molecular flexibility index (Phi) is 6.71. The molecule has 0 aromatic rings. The van der Waals surface area contributed by atoms with Gasteiger partial charge in [0.15, 0.2) is 0 Å². The van der Waals surface area contributed by atoms with E-state index in [1.54, 1.807) is 5.57 Å². The highest BCUT2D eigenvalue weighted by molar-refractivity contribution is 5.87. The molecule has 7 atom stereocenters. The average molecular weight is 471 g/mol. The highest BCUT2D eigenvalue weighted by atomic mass is 16.5. The summed E-state index contributed by atoms with van der Waals surface area (Å²) in [4.78, 5) is 11.7. The first-order valence-corrected chi connectivity index (χ1v) is 14.0. The molecule has 0 aromatic carbocycles. The minimum atomic E-state index is -0.206. The maximum Gasteiger partial charge on any atom is 0.333 e. The van der Waals surface area contributed by atoms with E-state index in [9.17, 15) is 9.90 Å². The van der Waals surface area contributed by atoms with E-state index >= 15 is 0 Å². The van der Waals surface area contributed by atoms with Crippen LogP contribution in [-0.2, 0) is 9.53 Å². The Balaban J connectivity index is 1.57. The molecule has 192 valence electrons. The van der Waals surface area contributed by atoms with Gasteiger partial charge in [0.05, 0.1) is 13.2 Å². The first-order valence-electron chi connectivity index (χ1n) is 14.0. The number of rotatable bonds is 5. The summed E-state index contributed by atoms with van der Waals surface area (Å²) in [6, 6.07) is 0. The van der Waals surface area contributed by atoms with Crippen molar-refractivity contribution in [3.63, 3.8) is 0 Å². The molecular weight excluding hydrogens is 420 g/mol. The zero-order valence-corrected chi connectivity index (χ0v) is 23.2. The molecule has 7 unspecified atom stereocenters. The van der Waals surface area contributed by atoms with E-state index in [1.807, 2.05) is 12.5 Å². The third-order valence-corrected chi connectivity index (χ3v) is 12.1. The van der Waals surface area contributed by atoms with Crippen molar-refractivity contribution >= 4 is 5.97 Å². The van der Waals surface area contributed by atoms with Gasteiger partial charge >= 0.3 is 5.97 Å². The monoisotopic (exact) mass is 470 g/mol.